The summed E-state index contributed by atoms with van der Waals surface area (Å²) in [5.41, 5.74) is 0. The predicted octanol–water partition coefficient (Wildman–Crippen LogP) is 5.95. The molecule has 0 saturated carbocycles. The quantitative estimate of drug-likeness (QED) is 0.289. The van der Waals surface area contributed by atoms with Crippen LogP contribution >= 0.6 is 0 Å². The highest BCUT2D eigenvalue weighted by Gasteiger charge is 2.97. The first kappa shape index (κ1) is 35.4. The first-order chi connectivity index (χ1) is 15.5. The molecule has 2 N–H and O–H groups in total. The number of halogens is 21. The molecule has 0 aromatic carbocycles. The van der Waals surface area contributed by atoms with Gasteiger partial charge >= 0.3 is 59.5 Å². The molecule has 0 unspecified atom stereocenters. The van der Waals surface area contributed by atoms with E-state index in [4.69, 9.17) is 0 Å². The number of rotatable bonds is 11. The van der Waals surface area contributed by atoms with E-state index in [1.54, 1.807) is 0 Å². The molecule has 0 heterocycles. The molecule has 0 fully saturated rings. The van der Waals surface area contributed by atoms with Gasteiger partial charge in [0.15, 0.2) is 0 Å². The molecule has 25 heteroatoms. The topological polar surface area (TPSA) is 60.2 Å². The van der Waals surface area contributed by atoms with Crippen molar-refractivity contribution in [1.82, 2.24) is 0 Å². The maximum atomic E-state index is 13.5. The smallest absolute Gasteiger partial charge is 0.229 e. The van der Waals surface area contributed by atoms with Crippen molar-refractivity contribution < 1.29 is 101 Å². The summed E-state index contributed by atoms with van der Waals surface area (Å²) < 4.78 is 296. The van der Waals surface area contributed by atoms with Crippen LogP contribution in [0.15, 0.2) is 0 Å². The Morgan fingerprint density at radius 2 is 0.622 bits per heavy atom. The highest BCUT2D eigenvalue weighted by atomic mass is 32.2. The van der Waals surface area contributed by atoms with Crippen LogP contribution in [-0.4, -0.2) is 73.6 Å². The van der Waals surface area contributed by atoms with E-state index in [0.29, 0.717) is 0 Å². The van der Waals surface area contributed by atoms with Gasteiger partial charge in [0.05, 0.1) is 5.75 Å². The molecule has 0 spiro atoms. The SMILES string of the molecule is NS(=O)(=O)CCC(F)(F)C(F)(F)C(F)(F)C(F)(F)C(F)(F)C(F)(F)C(F)(F)C(F)(F)C(F)(F)C(F)(F)F. The van der Waals surface area contributed by atoms with E-state index in [2.05, 4.69) is 5.14 Å². The second-order valence-electron chi connectivity index (χ2n) is 6.91. The van der Waals surface area contributed by atoms with E-state index in [1.165, 1.54) is 0 Å². The van der Waals surface area contributed by atoms with Crippen LogP contribution in [0.5, 0.6) is 0 Å². The lowest BCUT2D eigenvalue weighted by Crippen LogP contribution is -2.76. The summed E-state index contributed by atoms with van der Waals surface area (Å²) in [6.07, 6.45) is -11.3. The molecule has 0 saturated heterocycles. The molecule has 0 aromatic heterocycles. The fraction of sp³-hybridized carbons (Fsp3) is 1.00. The third-order valence-corrected chi connectivity index (χ3v) is 5.05. The normalized spacial score (nSPS) is 16.8. The lowest BCUT2D eigenvalue weighted by atomic mass is 9.86. The van der Waals surface area contributed by atoms with Crippen molar-refractivity contribution in [3.05, 3.63) is 0 Å². The average molecular weight is 627 g/mol. The number of sulfonamides is 1. The molecule has 0 aliphatic heterocycles. The fourth-order valence-corrected chi connectivity index (χ4v) is 2.56. The highest BCUT2D eigenvalue weighted by molar-refractivity contribution is 7.89. The Hall–Kier alpha value is -1.56. The molecule has 0 aromatic rings. The van der Waals surface area contributed by atoms with Gasteiger partial charge in [0.1, 0.15) is 0 Å². The third kappa shape index (κ3) is 4.85. The standard InChI is InChI=1S/C12H6F21NO2S/c13-3(14,1-2-37(34,35)36)4(15,16)5(17,18)6(19,20)7(21,22)8(23,24)9(25,26)10(27,28)11(29,30)12(31,32)33/h1-2H2,(H2,34,35,36). The summed E-state index contributed by atoms with van der Waals surface area (Å²) in [6, 6.07) is 0. The predicted molar refractivity (Wildman–Crippen MR) is 73.2 cm³/mol. The number of alkyl halides is 21. The summed E-state index contributed by atoms with van der Waals surface area (Å²) in [5, 5.41) is 4.00. The molecule has 224 valence electrons. The van der Waals surface area contributed by atoms with Crippen molar-refractivity contribution in [2.45, 2.75) is 65.9 Å². The minimum atomic E-state index is -9.25. The Morgan fingerprint density at radius 3 is 0.838 bits per heavy atom. The molecule has 37 heavy (non-hydrogen) atoms. The molecule has 3 nitrogen and oxygen atoms in total. The van der Waals surface area contributed by atoms with Gasteiger partial charge in [0.25, 0.3) is 0 Å². The van der Waals surface area contributed by atoms with Crippen LogP contribution < -0.4 is 5.14 Å². The summed E-state index contributed by atoms with van der Waals surface area (Å²) in [7, 11) is -5.37. The molecule has 0 atom stereocenters. The monoisotopic (exact) mass is 627 g/mol. The number of hydrogen-bond acceptors (Lipinski definition) is 2. The van der Waals surface area contributed by atoms with Crippen molar-refractivity contribution in [1.29, 1.82) is 0 Å². The highest BCUT2D eigenvalue weighted by Crippen LogP contribution is 2.66. The fourth-order valence-electron chi connectivity index (χ4n) is 2.02. The van der Waals surface area contributed by atoms with Crippen LogP contribution in [0.1, 0.15) is 6.42 Å². The molecule has 0 aliphatic rings. The molecule has 0 bridgehead atoms. The second-order valence-corrected chi connectivity index (χ2v) is 8.65. The van der Waals surface area contributed by atoms with Crippen molar-refractivity contribution >= 4 is 10.0 Å². The number of hydrogen-bond donors (Lipinski definition) is 1. The van der Waals surface area contributed by atoms with Gasteiger partial charge in [-0.1, -0.05) is 0 Å². The summed E-state index contributed by atoms with van der Waals surface area (Å²) in [5.74, 6) is -80.6. The van der Waals surface area contributed by atoms with Crippen LogP contribution in [0.3, 0.4) is 0 Å². The zero-order chi connectivity index (χ0) is 30.9. The van der Waals surface area contributed by atoms with E-state index < -0.39 is 81.7 Å². The molecular weight excluding hydrogens is 621 g/mol. The maximum Gasteiger partial charge on any atom is 0.460 e. The Morgan fingerprint density at radius 1 is 0.405 bits per heavy atom. The Kier molecular flexibility index (Phi) is 8.36. The summed E-state index contributed by atoms with van der Waals surface area (Å²) in [6.45, 7) is 0. The van der Waals surface area contributed by atoms with Gasteiger partial charge in [0, 0.05) is 6.42 Å². The van der Waals surface area contributed by atoms with Crippen LogP contribution in [0.2, 0.25) is 0 Å². The van der Waals surface area contributed by atoms with Gasteiger partial charge in [-0.3, -0.25) is 0 Å². The van der Waals surface area contributed by atoms with Crippen LogP contribution in [-0.2, 0) is 10.0 Å². The van der Waals surface area contributed by atoms with Gasteiger partial charge < -0.3 is 0 Å². The number of nitrogens with two attached hydrogens (primary N) is 1. The summed E-state index contributed by atoms with van der Waals surface area (Å²) in [4.78, 5) is 0. The lowest BCUT2D eigenvalue weighted by molar-refractivity contribution is -0.474. The third-order valence-electron chi connectivity index (χ3n) is 4.28. The largest absolute Gasteiger partial charge is 0.460 e. The zero-order valence-electron chi connectivity index (χ0n) is 16.2. The van der Waals surface area contributed by atoms with E-state index in [9.17, 15) is 101 Å². The lowest BCUT2D eigenvalue weighted by Gasteiger charge is -2.44. The van der Waals surface area contributed by atoms with Crippen LogP contribution in [0.25, 0.3) is 0 Å². The molecule has 0 radical (unpaired) electrons. The molecule has 0 aliphatic carbocycles. The first-order valence-electron chi connectivity index (χ1n) is 7.93. The second kappa shape index (κ2) is 8.72. The van der Waals surface area contributed by atoms with E-state index in [1.807, 2.05) is 0 Å². The Labute approximate surface area is 188 Å². The van der Waals surface area contributed by atoms with Crippen LogP contribution in [0.4, 0.5) is 92.2 Å². The van der Waals surface area contributed by atoms with E-state index >= 15 is 0 Å². The van der Waals surface area contributed by atoms with E-state index in [0.717, 1.165) is 0 Å². The van der Waals surface area contributed by atoms with Crippen molar-refractivity contribution in [2.75, 3.05) is 5.75 Å². The van der Waals surface area contributed by atoms with Gasteiger partial charge in [-0.05, 0) is 0 Å². The Bertz CT molecular complexity index is 949. The van der Waals surface area contributed by atoms with E-state index in [-0.39, 0.29) is 0 Å². The van der Waals surface area contributed by atoms with Gasteiger partial charge in [-0.2, -0.15) is 92.2 Å². The maximum absolute atomic E-state index is 13.5. The van der Waals surface area contributed by atoms with Gasteiger partial charge in [-0.25, -0.2) is 13.6 Å². The minimum Gasteiger partial charge on any atom is -0.229 e. The van der Waals surface area contributed by atoms with Crippen LogP contribution in [0, 0.1) is 0 Å². The van der Waals surface area contributed by atoms with Crippen molar-refractivity contribution in [3.63, 3.8) is 0 Å². The minimum absolute atomic E-state index is 2.54. The Balaban J connectivity index is 7.00. The summed E-state index contributed by atoms with van der Waals surface area (Å²) >= 11 is 0. The van der Waals surface area contributed by atoms with Crippen molar-refractivity contribution in [2.24, 2.45) is 5.14 Å². The molecule has 0 amide bonds. The van der Waals surface area contributed by atoms with Gasteiger partial charge in [0.2, 0.25) is 10.0 Å². The first-order valence-corrected chi connectivity index (χ1v) is 9.65. The van der Waals surface area contributed by atoms with Gasteiger partial charge in [-0.15, -0.1) is 0 Å². The number of primary sulfonamides is 1. The average Bonchev–Trinajstić information content (AvgIpc) is 2.63. The molecular formula is C12H6F21NO2S. The molecule has 0 rings (SSSR count). The zero-order valence-corrected chi connectivity index (χ0v) is 17.0. The van der Waals surface area contributed by atoms with Crippen molar-refractivity contribution in [3.8, 4) is 0 Å².